The number of hydrogen-bond acceptors (Lipinski definition) is 5. The summed E-state index contributed by atoms with van der Waals surface area (Å²) in [4.78, 5) is 8.36. The molecule has 0 amide bonds. The standard InChI is InChI=1S/C15H18ClN3O2/c1-3-8-17-15-18-9-13(16)14(19-15)21-10-11-4-6-12(20-2)7-5-11/h4-7,9H,3,8,10H2,1-2H3,(H,17,18,19). The minimum Gasteiger partial charge on any atom is -0.497 e. The van der Waals surface area contributed by atoms with Crippen LogP contribution in [0.4, 0.5) is 5.95 Å². The Labute approximate surface area is 129 Å². The lowest BCUT2D eigenvalue weighted by molar-refractivity contribution is 0.293. The summed E-state index contributed by atoms with van der Waals surface area (Å²) >= 11 is 6.05. The molecule has 0 atom stereocenters. The zero-order valence-corrected chi connectivity index (χ0v) is 12.9. The zero-order chi connectivity index (χ0) is 15.1. The second-order valence-corrected chi connectivity index (χ2v) is 4.82. The molecule has 21 heavy (non-hydrogen) atoms. The van der Waals surface area contributed by atoms with Crippen molar-refractivity contribution in [2.45, 2.75) is 20.0 Å². The number of hydrogen-bond donors (Lipinski definition) is 1. The molecule has 5 nitrogen and oxygen atoms in total. The first-order valence-electron chi connectivity index (χ1n) is 6.75. The van der Waals surface area contributed by atoms with Gasteiger partial charge < -0.3 is 14.8 Å². The van der Waals surface area contributed by atoms with Gasteiger partial charge in [0.25, 0.3) is 0 Å². The summed E-state index contributed by atoms with van der Waals surface area (Å²) in [6.45, 7) is 3.26. The van der Waals surface area contributed by atoms with E-state index in [1.54, 1.807) is 7.11 Å². The van der Waals surface area contributed by atoms with E-state index >= 15 is 0 Å². The van der Waals surface area contributed by atoms with Crippen molar-refractivity contribution in [2.24, 2.45) is 0 Å². The highest BCUT2D eigenvalue weighted by Crippen LogP contribution is 2.23. The molecule has 2 aromatic rings. The highest BCUT2D eigenvalue weighted by atomic mass is 35.5. The summed E-state index contributed by atoms with van der Waals surface area (Å²) in [5.74, 6) is 1.71. The Balaban J connectivity index is 2.00. The highest BCUT2D eigenvalue weighted by Gasteiger charge is 2.07. The zero-order valence-electron chi connectivity index (χ0n) is 12.1. The molecule has 1 aromatic heterocycles. The van der Waals surface area contributed by atoms with Gasteiger partial charge >= 0.3 is 0 Å². The fourth-order valence-corrected chi connectivity index (χ4v) is 1.79. The SMILES string of the molecule is CCCNc1ncc(Cl)c(OCc2ccc(OC)cc2)n1. The average Bonchev–Trinajstić information content (AvgIpc) is 2.53. The van der Waals surface area contributed by atoms with E-state index in [1.165, 1.54) is 6.20 Å². The van der Waals surface area contributed by atoms with Gasteiger partial charge in [-0.3, -0.25) is 0 Å². The molecule has 0 aliphatic carbocycles. The van der Waals surface area contributed by atoms with Gasteiger partial charge in [-0.2, -0.15) is 4.98 Å². The lowest BCUT2D eigenvalue weighted by atomic mass is 10.2. The van der Waals surface area contributed by atoms with Crippen molar-refractivity contribution in [1.82, 2.24) is 9.97 Å². The molecule has 0 saturated heterocycles. The first kappa shape index (κ1) is 15.4. The van der Waals surface area contributed by atoms with Gasteiger partial charge in [0.05, 0.1) is 13.3 Å². The van der Waals surface area contributed by atoms with Gasteiger partial charge in [0.2, 0.25) is 11.8 Å². The van der Waals surface area contributed by atoms with E-state index in [2.05, 4.69) is 22.2 Å². The van der Waals surface area contributed by atoms with E-state index in [-0.39, 0.29) is 0 Å². The maximum absolute atomic E-state index is 6.05. The van der Waals surface area contributed by atoms with Crippen LogP contribution in [-0.4, -0.2) is 23.6 Å². The lowest BCUT2D eigenvalue weighted by Gasteiger charge is -2.09. The van der Waals surface area contributed by atoms with E-state index < -0.39 is 0 Å². The van der Waals surface area contributed by atoms with E-state index in [0.717, 1.165) is 24.3 Å². The molecule has 112 valence electrons. The number of nitrogens with zero attached hydrogens (tertiary/aromatic N) is 2. The number of halogens is 1. The smallest absolute Gasteiger partial charge is 0.237 e. The Morgan fingerprint density at radius 2 is 2.00 bits per heavy atom. The van der Waals surface area contributed by atoms with Crippen LogP contribution >= 0.6 is 11.6 Å². The number of aromatic nitrogens is 2. The third-order valence-corrected chi connectivity index (χ3v) is 3.04. The second kappa shape index (κ2) is 7.69. The number of ether oxygens (including phenoxy) is 2. The van der Waals surface area contributed by atoms with Crippen LogP contribution in [0.5, 0.6) is 11.6 Å². The molecule has 0 unspecified atom stereocenters. The van der Waals surface area contributed by atoms with Gasteiger partial charge in [-0.05, 0) is 24.1 Å². The van der Waals surface area contributed by atoms with Crippen molar-refractivity contribution in [1.29, 1.82) is 0 Å². The Hall–Kier alpha value is -2.01. The van der Waals surface area contributed by atoms with Crippen molar-refractivity contribution >= 4 is 17.5 Å². The molecular formula is C15H18ClN3O2. The fraction of sp³-hybridized carbons (Fsp3) is 0.333. The highest BCUT2D eigenvalue weighted by molar-refractivity contribution is 6.31. The molecule has 1 heterocycles. The van der Waals surface area contributed by atoms with Crippen molar-refractivity contribution < 1.29 is 9.47 Å². The van der Waals surface area contributed by atoms with Crippen molar-refractivity contribution in [3.8, 4) is 11.6 Å². The fourth-order valence-electron chi connectivity index (χ4n) is 1.65. The maximum atomic E-state index is 6.05. The van der Waals surface area contributed by atoms with Gasteiger partial charge in [-0.15, -0.1) is 0 Å². The number of anilines is 1. The monoisotopic (exact) mass is 307 g/mol. The van der Waals surface area contributed by atoms with E-state index in [4.69, 9.17) is 21.1 Å². The van der Waals surface area contributed by atoms with Gasteiger partial charge in [0.1, 0.15) is 17.4 Å². The minimum atomic E-state index is 0.376. The van der Waals surface area contributed by atoms with Crippen LogP contribution in [0.1, 0.15) is 18.9 Å². The molecule has 0 radical (unpaired) electrons. The molecule has 0 spiro atoms. The van der Waals surface area contributed by atoms with Crippen molar-refractivity contribution in [2.75, 3.05) is 19.0 Å². The molecule has 0 fully saturated rings. The summed E-state index contributed by atoms with van der Waals surface area (Å²) in [6.07, 6.45) is 2.53. The van der Waals surface area contributed by atoms with E-state index in [1.807, 2.05) is 24.3 Å². The largest absolute Gasteiger partial charge is 0.497 e. The quantitative estimate of drug-likeness (QED) is 0.848. The Bertz CT molecular complexity index is 576. The van der Waals surface area contributed by atoms with E-state index in [0.29, 0.717) is 23.5 Å². The molecule has 1 aromatic carbocycles. The summed E-state index contributed by atoms with van der Waals surface area (Å²) in [6, 6.07) is 7.64. The lowest BCUT2D eigenvalue weighted by Crippen LogP contribution is -2.06. The van der Waals surface area contributed by atoms with Crippen LogP contribution in [0.2, 0.25) is 5.02 Å². The maximum Gasteiger partial charge on any atom is 0.237 e. The third kappa shape index (κ3) is 4.49. The first-order chi connectivity index (χ1) is 10.2. The average molecular weight is 308 g/mol. The molecular weight excluding hydrogens is 290 g/mol. The summed E-state index contributed by atoms with van der Waals surface area (Å²) in [5, 5.41) is 3.49. The summed E-state index contributed by atoms with van der Waals surface area (Å²) in [7, 11) is 1.64. The van der Waals surface area contributed by atoms with Crippen LogP contribution < -0.4 is 14.8 Å². The number of methoxy groups -OCH3 is 1. The Kier molecular flexibility index (Phi) is 5.63. The Morgan fingerprint density at radius 1 is 1.24 bits per heavy atom. The minimum absolute atomic E-state index is 0.376. The molecule has 2 rings (SSSR count). The van der Waals surface area contributed by atoms with Gasteiger partial charge in [0.15, 0.2) is 0 Å². The molecule has 6 heteroatoms. The number of benzene rings is 1. The third-order valence-electron chi connectivity index (χ3n) is 2.78. The van der Waals surface area contributed by atoms with Gasteiger partial charge in [-0.1, -0.05) is 30.7 Å². The number of rotatable bonds is 7. The predicted molar refractivity (Wildman–Crippen MR) is 83.1 cm³/mol. The predicted octanol–water partition coefficient (Wildman–Crippen LogP) is 3.54. The van der Waals surface area contributed by atoms with Crippen LogP contribution in [0.25, 0.3) is 0 Å². The van der Waals surface area contributed by atoms with Crippen LogP contribution in [-0.2, 0) is 6.61 Å². The molecule has 0 aliphatic heterocycles. The van der Waals surface area contributed by atoms with Crippen molar-refractivity contribution in [3.63, 3.8) is 0 Å². The summed E-state index contributed by atoms with van der Waals surface area (Å²) in [5.41, 5.74) is 1.01. The molecule has 0 bridgehead atoms. The molecule has 1 N–H and O–H groups in total. The van der Waals surface area contributed by atoms with Crippen LogP contribution in [0, 0.1) is 0 Å². The Morgan fingerprint density at radius 3 is 2.67 bits per heavy atom. The molecule has 0 aliphatic rings. The second-order valence-electron chi connectivity index (χ2n) is 4.41. The van der Waals surface area contributed by atoms with Crippen molar-refractivity contribution in [3.05, 3.63) is 41.0 Å². The van der Waals surface area contributed by atoms with E-state index in [9.17, 15) is 0 Å². The van der Waals surface area contributed by atoms with Crippen LogP contribution in [0.3, 0.4) is 0 Å². The van der Waals surface area contributed by atoms with Gasteiger partial charge in [0, 0.05) is 6.54 Å². The van der Waals surface area contributed by atoms with Gasteiger partial charge in [-0.25, -0.2) is 4.98 Å². The topological polar surface area (TPSA) is 56.3 Å². The van der Waals surface area contributed by atoms with Crippen LogP contribution in [0.15, 0.2) is 30.5 Å². The first-order valence-corrected chi connectivity index (χ1v) is 7.13. The normalized spacial score (nSPS) is 10.2. The number of nitrogens with one attached hydrogen (secondary N) is 1. The molecule has 0 saturated carbocycles. The summed E-state index contributed by atoms with van der Waals surface area (Å²) < 4.78 is 10.8.